The molecule has 1 saturated heterocycles. The average molecular weight is 339 g/mol. The molecule has 24 heavy (non-hydrogen) atoms. The second kappa shape index (κ2) is 6.60. The number of aliphatic hydroxyl groups is 1. The Morgan fingerprint density at radius 1 is 1.17 bits per heavy atom. The van der Waals surface area contributed by atoms with Crippen LogP contribution in [0.3, 0.4) is 0 Å². The second-order valence-electron chi connectivity index (χ2n) is 5.53. The molecule has 0 unspecified atom stereocenters. The van der Waals surface area contributed by atoms with Crippen molar-refractivity contribution in [3.8, 4) is 0 Å². The molecule has 2 atom stereocenters. The Balaban J connectivity index is 1.63. The third-order valence-electron chi connectivity index (χ3n) is 3.86. The monoisotopic (exact) mass is 339 g/mol. The van der Waals surface area contributed by atoms with E-state index in [2.05, 4.69) is 20.3 Å². The molecular formula is C15H16F3N5O. The minimum Gasteiger partial charge on any atom is -0.389 e. The molecule has 9 heteroatoms. The molecule has 0 aliphatic carbocycles. The van der Waals surface area contributed by atoms with Gasteiger partial charge in [-0.05, 0) is 24.6 Å². The molecule has 1 aliphatic heterocycles. The number of aromatic nitrogens is 3. The van der Waals surface area contributed by atoms with Gasteiger partial charge in [0.1, 0.15) is 5.82 Å². The van der Waals surface area contributed by atoms with E-state index in [0.29, 0.717) is 24.7 Å². The first-order chi connectivity index (χ1) is 11.4. The van der Waals surface area contributed by atoms with Gasteiger partial charge in [0.2, 0.25) is 5.95 Å². The fourth-order valence-corrected chi connectivity index (χ4v) is 2.59. The zero-order valence-corrected chi connectivity index (χ0v) is 12.6. The first-order valence-corrected chi connectivity index (χ1v) is 7.43. The normalized spacial score (nSPS) is 21.6. The molecule has 128 valence electrons. The number of rotatable bonds is 3. The fraction of sp³-hybridized carbons (Fsp3) is 0.400. The molecular weight excluding hydrogens is 323 g/mol. The van der Waals surface area contributed by atoms with Gasteiger partial charge in [-0.3, -0.25) is 0 Å². The predicted molar refractivity (Wildman–Crippen MR) is 81.5 cm³/mol. The van der Waals surface area contributed by atoms with Crippen LogP contribution in [0, 0.1) is 0 Å². The summed E-state index contributed by atoms with van der Waals surface area (Å²) in [4.78, 5) is 13.7. The van der Waals surface area contributed by atoms with E-state index in [0.717, 1.165) is 12.3 Å². The predicted octanol–water partition coefficient (Wildman–Crippen LogP) is 1.94. The lowest BCUT2D eigenvalue weighted by atomic mass is 10.0. The van der Waals surface area contributed by atoms with Crippen LogP contribution < -0.4 is 10.2 Å². The number of pyridine rings is 1. The van der Waals surface area contributed by atoms with Crippen molar-refractivity contribution in [3.05, 3.63) is 42.4 Å². The number of halogens is 3. The van der Waals surface area contributed by atoms with Crippen LogP contribution in [0.25, 0.3) is 0 Å². The highest BCUT2D eigenvalue weighted by molar-refractivity contribution is 5.41. The molecule has 1 fully saturated rings. The summed E-state index contributed by atoms with van der Waals surface area (Å²) >= 11 is 0. The van der Waals surface area contributed by atoms with Crippen LogP contribution in [0.4, 0.5) is 24.9 Å². The van der Waals surface area contributed by atoms with Crippen molar-refractivity contribution in [1.82, 2.24) is 15.0 Å². The van der Waals surface area contributed by atoms with Crippen LogP contribution in [0.15, 0.2) is 36.8 Å². The Morgan fingerprint density at radius 2 is 1.92 bits per heavy atom. The zero-order valence-electron chi connectivity index (χ0n) is 12.6. The lowest BCUT2D eigenvalue weighted by molar-refractivity contribution is -0.137. The maximum absolute atomic E-state index is 12.6. The lowest BCUT2D eigenvalue weighted by Crippen LogP contribution is -2.50. The molecule has 3 heterocycles. The molecule has 0 aromatic carbocycles. The minimum atomic E-state index is -4.41. The van der Waals surface area contributed by atoms with E-state index in [1.807, 2.05) is 0 Å². The number of β-amino-alcohol motifs (C(OH)–C–C–N with tert-alkyl or cyclic N) is 1. The van der Waals surface area contributed by atoms with Crippen molar-refractivity contribution in [2.24, 2.45) is 0 Å². The van der Waals surface area contributed by atoms with E-state index in [4.69, 9.17) is 0 Å². The number of nitrogens with zero attached hydrogens (tertiary/aromatic N) is 4. The highest BCUT2D eigenvalue weighted by Crippen LogP contribution is 2.30. The Morgan fingerprint density at radius 3 is 2.50 bits per heavy atom. The Labute approximate surface area is 136 Å². The molecule has 2 N–H and O–H groups in total. The van der Waals surface area contributed by atoms with E-state index in [1.54, 1.807) is 23.4 Å². The number of aliphatic hydroxyl groups excluding tert-OH is 1. The van der Waals surface area contributed by atoms with Crippen molar-refractivity contribution in [2.75, 3.05) is 23.3 Å². The van der Waals surface area contributed by atoms with E-state index < -0.39 is 17.8 Å². The Bertz CT molecular complexity index is 665. The largest absolute Gasteiger partial charge is 0.417 e. The summed E-state index contributed by atoms with van der Waals surface area (Å²) in [5, 5.41) is 13.3. The number of piperidine rings is 1. The zero-order chi connectivity index (χ0) is 17.2. The van der Waals surface area contributed by atoms with Crippen LogP contribution in [0.1, 0.15) is 12.0 Å². The van der Waals surface area contributed by atoms with Gasteiger partial charge in [0.25, 0.3) is 0 Å². The summed E-state index contributed by atoms with van der Waals surface area (Å²) in [5.41, 5.74) is -0.787. The summed E-state index contributed by atoms with van der Waals surface area (Å²) in [7, 11) is 0. The van der Waals surface area contributed by atoms with Gasteiger partial charge >= 0.3 is 6.18 Å². The minimum absolute atomic E-state index is 0.224. The summed E-state index contributed by atoms with van der Waals surface area (Å²) in [6.45, 7) is 0.822. The summed E-state index contributed by atoms with van der Waals surface area (Å²) in [5.74, 6) is 0.846. The van der Waals surface area contributed by atoms with E-state index in [9.17, 15) is 18.3 Å². The standard InChI is InChI=1S/C15H16F3N5O/c16-15(17,18)10-2-3-13(21-8-10)23-7-4-11(12(24)9-23)22-14-19-5-1-6-20-14/h1-3,5-6,8,11-12,24H,4,7,9H2,(H,19,20,22)/t11-,12-/m1/s1. The van der Waals surface area contributed by atoms with Gasteiger partial charge in [0.15, 0.2) is 0 Å². The number of nitrogens with one attached hydrogen (secondary N) is 1. The van der Waals surface area contributed by atoms with Crippen molar-refractivity contribution in [1.29, 1.82) is 0 Å². The highest BCUT2D eigenvalue weighted by atomic mass is 19.4. The smallest absolute Gasteiger partial charge is 0.389 e. The lowest BCUT2D eigenvalue weighted by Gasteiger charge is -2.36. The molecule has 2 aromatic rings. The van der Waals surface area contributed by atoms with Crippen LogP contribution in [-0.2, 0) is 6.18 Å². The first-order valence-electron chi connectivity index (χ1n) is 7.43. The molecule has 0 bridgehead atoms. The van der Waals surface area contributed by atoms with Crippen LogP contribution in [-0.4, -0.2) is 45.3 Å². The van der Waals surface area contributed by atoms with Gasteiger partial charge in [-0.25, -0.2) is 15.0 Å². The van der Waals surface area contributed by atoms with Crippen molar-refractivity contribution >= 4 is 11.8 Å². The maximum atomic E-state index is 12.6. The van der Waals surface area contributed by atoms with E-state index >= 15 is 0 Å². The molecule has 0 spiro atoms. The Hall–Kier alpha value is -2.42. The van der Waals surface area contributed by atoms with Crippen molar-refractivity contribution in [2.45, 2.75) is 24.7 Å². The van der Waals surface area contributed by atoms with Gasteiger partial charge in [-0.2, -0.15) is 13.2 Å². The summed E-state index contributed by atoms with van der Waals surface area (Å²) in [6.07, 6.45) is -0.526. The molecule has 2 aromatic heterocycles. The van der Waals surface area contributed by atoms with E-state index in [-0.39, 0.29) is 12.6 Å². The highest BCUT2D eigenvalue weighted by Gasteiger charge is 2.32. The molecule has 1 aliphatic rings. The SMILES string of the molecule is O[C@@H]1CN(c2ccc(C(F)(F)F)cn2)CC[C@H]1Nc1ncccn1. The van der Waals surface area contributed by atoms with Gasteiger partial charge in [-0.1, -0.05) is 0 Å². The van der Waals surface area contributed by atoms with Gasteiger partial charge in [0, 0.05) is 31.7 Å². The van der Waals surface area contributed by atoms with Gasteiger partial charge < -0.3 is 15.3 Å². The molecule has 3 rings (SSSR count). The maximum Gasteiger partial charge on any atom is 0.417 e. The summed E-state index contributed by atoms with van der Waals surface area (Å²) in [6, 6.07) is 3.79. The fourth-order valence-electron chi connectivity index (χ4n) is 2.59. The number of alkyl halides is 3. The first kappa shape index (κ1) is 16.4. The molecule has 0 radical (unpaired) electrons. The van der Waals surface area contributed by atoms with Crippen LogP contribution >= 0.6 is 0 Å². The summed E-state index contributed by atoms with van der Waals surface area (Å²) < 4.78 is 37.7. The molecule has 6 nitrogen and oxygen atoms in total. The quantitative estimate of drug-likeness (QED) is 0.890. The average Bonchev–Trinajstić information content (AvgIpc) is 2.57. The van der Waals surface area contributed by atoms with Crippen LogP contribution in [0.2, 0.25) is 0 Å². The number of anilines is 2. The van der Waals surface area contributed by atoms with Gasteiger partial charge in [0.05, 0.1) is 17.7 Å². The third kappa shape index (κ3) is 3.73. The number of hydrogen-bond acceptors (Lipinski definition) is 6. The van der Waals surface area contributed by atoms with Crippen LogP contribution in [0.5, 0.6) is 0 Å². The second-order valence-corrected chi connectivity index (χ2v) is 5.53. The van der Waals surface area contributed by atoms with E-state index in [1.165, 1.54) is 6.07 Å². The van der Waals surface area contributed by atoms with Crippen molar-refractivity contribution in [3.63, 3.8) is 0 Å². The number of hydrogen-bond donors (Lipinski definition) is 2. The topological polar surface area (TPSA) is 74.2 Å². The van der Waals surface area contributed by atoms with Crippen molar-refractivity contribution < 1.29 is 18.3 Å². The molecule has 0 amide bonds. The third-order valence-corrected chi connectivity index (χ3v) is 3.86. The van der Waals surface area contributed by atoms with Gasteiger partial charge in [-0.15, -0.1) is 0 Å². The Kier molecular flexibility index (Phi) is 4.52. The molecule has 0 saturated carbocycles.